The number of hydrogen-bond donors (Lipinski definition) is 2. The Hall–Kier alpha value is -0.940. The largest absolute Gasteiger partial charge is 0.349 e. The van der Waals surface area contributed by atoms with Crippen molar-refractivity contribution < 1.29 is 4.79 Å². The van der Waals surface area contributed by atoms with Crippen molar-refractivity contribution >= 4 is 17.2 Å². The summed E-state index contributed by atoms with van der Waals surface area (Å²) in [5.74, 6) is -0.0268. The summed E-state index contributed by atoms with van der Waals surface area (Å²) in [5, 5.41) is 6.00. The molecule has 1 heterocycles. The first-order chi connectivity index (χ1) is 8.14. The van der Waals surface area contributed by atoms with Gasteiger partial charge in [0.1, 0.15) is 0 Å². The first kappa shape index (κ1) is 12.5. The number of carbonyl (C=O) groups is 1. The van der Waals surface area contributed by atoms with E-state index in [1.807, 2.05) is 5.38 Å². The zero-order valence-electron chi connectivity index (χ0n) is 10.2. The third-order valence-corrected chi connectivity index (χ3v) is 4.32. The Morgan fingerprint density at radius 2 is 2.29 bits per heavy atom. The van der Waals surface area contributed by atoms with Gasteiger partial charge in [-0.3, -0.25) is 4.79 Å². The minimum absolute atomic E-state index is 0.0268. The van der Waals surface area contributed by atoms with Crippen LogP contribution in [0.3, 0.4) is 0 Å². The quantitative estimate of drug-likeness (QED) is 0.856. The third kappa shape index (κ3) is 2.84. The Morgan fingerprint density at radius 3 is 2.88 bits per heavy atom. The molecule has 0 unspecified atom stereocenters. The zero-order valence-corrected chi connectivity index (χ0v) is 11.0. The number of hydrogen-bond acceptors (Lipinski definition) is 4. The van der Waals surface area contributed by atoms with Crippen LogP contribution in [-0.4, -0.2) is 16.4 Å². The summed E-state index contributed by atoms with van der Waals surface area (Å²) in [7, 11) is 0. The van der Waals surface area contributed by atoms with E-state index < -0.39 is 5.54 Å². The van der Waals surface area contributed by atoms with Gasteiger partial charge in [-0.05, 0) is 19.3 Å². The van der Waals surface area contributed by atoms with E-state index in [2.05, 4.69) is 17.2 Å². The number of nitrogens with zero attached hydrogens (tertiary/aromatic N) is 1. The van der Waals surface area contributed by atoms with E-state index in [0.29, 0.717) is 6.54 Å². The second-order valence-electron chi connectivity index (χ2n) is 4.63. The molecule has 0 bridgehead atoms. The molecule has 3 N–H and O–H groups in total. The first-order valence-electron chi connectivity index (χ1n) is 6.14. The molecule has 1 aliphatic carbocycles. The second-order valence-corrected chi connectivity index (χ2v) is 5.57. The van der Waals surface area contributed by atoms with Gasteiger partial charge in [-0.15, -0.1) is 11.3 Å². The number of aryl methyl sites for hydroxylation is 1. The highest BCUT2D eigenvalue weighted by molar-refractivity contribution is 7.09. The van der Waals surface area contributed by atoms with Crippen molar-refractivity contribution in [2.45, 2.75) is 51.1 Å². The maximum absolute atomic E-state index is 12.0. The Kier molecular flexibility index (Phi) is 3.79. The molecule has 0 spiro atoms. The predicted molar refractivity (Wildman–Crippen MR) is 68.7 cm³/mol. The predicted octanol–water partition coefficient (Wildman–Crippen LogP) is 1.59. The fourth-order valence-electron chi connectivity index (χ4n) is 2.17. The van der Waals surface area contributed by atoms with E-state index in [9.17, 15) is 4.79 Å². The van der Waals surface area contributed by atoms with E-state index in [4.69, 9.17) is 5.73 Å². The molecule has 1 aliphatic rings. The summed E-state index contributed by atoms with van der Waals surface area (Å²) < 4.78 is 0. The topological polar surface area (TPSA) is 68.0 Å². The molecule has 94 valence electrons. The molecule has 1 fully saturated rings. The molecule has 5 heteroatoms. The molecule has 1 aromatic heterocycles. The normalized spacial score (nSPS) is 18.2. The summed E-state index contributed by atoms with van der Waals surface area (Å²) >= 11 is 1.64. The third-order valence-electron chi connectivity index (χ3n) is 3.28. The zero-order chi connectivity index (χ0) is 12.3. The molecular weight excluding hydrogens is 234 g/mol. The van der Waals surface area contributed by atoms with Crippen LogP contribution < -0.4 is 11.1 Å². The van der Waals surface area contributed by atoms with E-state index in [1.165, 1.54) is 0 Å². The summed E-state index contributed by atoms with van der Waals surface area (Å²) in [6.07, 6.45) is 4.66. The van der Waals surface area contributed by atoms with Crippen LogP contribution in [-0.2, 0) is 17.8 Å². The molecule has 0 saturated heterocycles. The van der Waals surface area contributed by atoms with Crippen LogP contribution in [0.4, 0.5) is 0 Å². The second kappa shape index (κ2) is 5.14. The van der Waals surface area contributed by atoms with Crippen LogP contribution >= 0.6 is 11.3 Å². The molecular formula is C12H19N3OS. The van der Waals surface area contributed by atoms with Crippen LogP contribution in [0.25, 0.3) is 0 Å². The van der Waals surface area contributed by atoms with Crippen LogP contribution in [0.5, 0.6) is 0 Å². The molecule has 0 aliphatic heterocycles. The molecule has 17 heavy (non-hydrogen) atoms. The lowest BCUT2D eigenvalue weighted by atomic mass is 9.98. The van der Waals surface area contributed by atoms with Gasteiger partial charge in [-0.2, -0.15) is 0 Å². The fourth-order valence-corrected chi connectivity index (χ4v) is 2.92. The maximum Gasteiger partial charge on any atom is 0.240 e. The number of aromatic nitrogens is 1. The van der Waals surface area contributed by atoms with Crippen LogP contribution in [0.1, 0.15) is 43.3 Å². The SMILES string of the molecule is CCc1nc(CNC(=O)C2(N)CCCC2)cs1. The van der Waals surface area contributed by atoms with Crippen molar-refractivity contribution in [3.8, 4) is 0 Å². The summed E-state index contributed by atoms with van der Waals surface area (Å²) in [6, 6.07) is 0. The monoisotopic (exact) mass is 253 g/mol. The average Bonchev–Trinajstić information content (AvgIpc) is 2.95. The Morgan fingerprint density at radius 1 is 1.59 bits per heavy atom. The first-order valence-corrected chi connectivity index (χ1v) is 7.02. The number of thiazole rings is 1. The molecule has 0 aromatic carbocycles. The highest BCUT2D eigenvalue weighted by Gasteiger charge is 2.36. The molecule has 4 nitrogen and oxygen atoms in total. The van der Waals surface area contributed by atoms with Crippen LogP contribution in [0.2, 0.25) is 0 Å². The van der Waals surface area contributed by atoms with Crippen molar-refractivity contribution in [3.05, 3.63) is 16.1 Å². The smallest absolute Gasteiger partial charge is 0.240 e. The van der Waals surface area contributed by atoms with E-state index in [1.54, 1.807) is 11.3 Å². The Bertz CT molecular complexity index is 396. The fraction of sp³-hybridized carbons (Fsp3) is 0.667. The van der Waals surface area contributed by atoms with Gasteiger partial charge in [0.05, 0.1) is 22.8 Å². The molecule has 0 radical (unpaired) electrons. The lowest BCUT2D eigenvalue weighted by Crippen LogP contribution is -2.51. The van der Waals surface area contributed by atoms with Gasteiger partial charge in [-0.1, -0.05) is 19.8 Å². The van der Waals surface area contributed by atoms with Gasteiger partial charge < -0.3 is 11.1 Å². The van der Waals surface area contributed by atoms with Crippen LogP contribution in [0, 0.1) is 0 Å². The maximum atomic E-state index is 12.0. The van der Waals surface area contributed by atoms with Gasteiger partial charge in [0.15, 0.2) is 0 Å². The highest BCUT2D eigenvalue weighted by atomic mass is 32.1. The number of nitrogens with one attached hydrogen (secondary N) is 1. The summed E-state index contributed by atoms with van der Waals surface area (Å²) in [6.45, 7) is 2.57. The van der Waals surface area contributed by atoms with Gasteiger partial charge in [0, 0.05) is 5.38 Å². The summed E-state index contributed by atoms with van der Waals surface area (Å²) in [5.41, 5.74) is 6.37. The summed E-state index contributed by atoms with van der Waals surface area (Å²) in [4.78, 5) is 16.4. The highest BCUT2D eigenvalue weighted by Crippen LogP contribution is 2.27. The van der Waals surface area contributed by atoms with Crippen molar-refractivity contribution in [1.82, 2.24) is 10.3 Å². The minimum atomic E-state index is -0.635. The molecule has 2 rings (SSSR count). The standard InChI is InChI=1S/C12H19N3OS/c1-2-10-15-9(8-17-10)7-14-11(16)12(13)5-3-4-6-12/h8H,2-7,13H2,1H3,(H,14,16). The van der Waals surface area contributed by atoms with Crippen LogP contribution in [0.15, 0.2) is 5.38 Å². The van der Waals surface area contributed by atoms with Crippen molar-refractivity contribution in [2.24, 2.45) is 5.73 Å². The van der Waals surface area contributed by atoms with Crippen molar-refractivity contribution in [2.75, 3.05) is 0 Å². The lowest BCUT2D eigenvalue weighted by Gasteiger charge is -2.21. The van der Waals surface area contributed by atoms with Crippen molar-refractivity contribution in [3.63, 3.8) is 0 Å². The van der Waals surface area contributed by atoms with Gasteiger partial charge in [-0.25, -0.2) is 4.98 Å². The number of amides is 1. The van der Waals surface area contributed by atoms with E-state index in [-0.39, 0.29) is 5.91 Å². The molecule has 0 atom stereocenters. The molecule has 1 amide bonds. The lowest BCUT2D eigenvalue weighted by molar-refractivity contribution is -0.126. The number of carbonyl (C=O) groups excluding carboxylic acids is 1. The molecule has 1 saturated carbocycles. The van der Waals surface area contributed by atoms with Gasteiger partial charge >= 0.3 is 0 Å². The number of nitrogens with two attached hydrogens (primary N) is 1. The Balaban J connectivity index is 1.87. The minimum Gasteiger partial charge on any atom is -0.349 e. The van der Waals surface area contributed by atoms with Gasteiger partial charge in [0.25, 0.3) is 0 Å². The average molecular weight is 253 g/mol. The Labute approximate surface area is 106 Å². The van der Waals surface area contributed by atoms with Gasteiger partial charge in [0.2, 0.25) is 5.91 Å². The van der Waals surface area contributed by atoms with Crippen molar-refractivity contribution in [1.29, 1.82) is 0 Å². The van der Waals surface area contributed by atoms with E-state index >= 15 is 0 Å². The number of rotatable bonds is 4. The van der Waals surface area contributed by atoms with E-state index in [0.717, 1.165) is 42.8 Å². The molecule has 1 aromatic rings.